The Kier molecular flexibility index (Phi) is 12.3. The molecule has 1 aromatic carbocycles. The van der Waals surface area contributed by atoms with Crippen molar-refractivity contribution in [3.05, 3.63) is 42.0 Å². The fraction of sp³-hybridized carbons (Fsp3) is 0.545. The molecule has 0 spiro atoms. The lowest BCUT2D eigenvalue weighted by atomic mass is 9.96. The lowest BCUT2D eigenvalue weighted by molar-refractivity contribution is 0.519. The Morgan fingerprint density at radius 3 is 2.41 bits per heavy atom. The van der Waals surface area contributed by atoms with Gasteiger partial charge >= 0.3 is 0 Å². The van der Waals surface area contributed by atoms with Crippen molar-refractivity contribution >= 4 is 5.57 Å². The van der Waals surface area contributed by atoms with E-state index in [1.807, 2.05) is 0 Å². The van der Waals surface area contributed by atoms with Crippen LogP contribution in [0.2, 0.25) is 0 Å². The minimum atomic E-state index is 0.478. The molecule has 0 heterocycles. The van der Waals surface area contributed by atoms with E-state index in [4.69, 9.17) is 6.42 Å². The number of aryl methyl sites for hydroxylation is 1. The molecule has 1 aromatic rings. The zero-order chi connectivity index (χ0) is 16.8. The van der Waals surface area contributed by atoms with Gasteiger partial charge in [0, 0.05) is 5.92 Å². The number of hydrogen-bond acceptors (Lipinski definition) is 0. The number of unbranched alkanes of at least 4 members (excludes halogenated alkanes) is 1. The summed E-state index contributed by atoms with van der Waals surface area (Å²) in [7, 11) is 0. The SMILES string of the molecule is C#CC(CCC)CCCCc1cccc(C(=C)C)c1.CCC. The van der Waals surface area contributed by atoms with E-state index in [2.05, 4.69) is 64.5 Å². The van der Waals surface area contributed by atoms with E-state index >= 15 is 0 Å². The summed E-state index contributed by atoms with van der Waals surface area (Å²) < 4.78 is 0. The standard InChI is InChI=1S/C19H26.C3H8/c1-5-10-17(6-2)11-7-8-12-18-13-9-14-19(15-18)16(3)4;1-3-2/h2,9,13-15,17H,3,5,7-8,10-12H2,1,4H3;3H2,1-2H3. The van der Waals surface area contributed by atoms with Gasteiger partial charge in [-0.15, -0.1) is 12.3 Å². The van der Waals surface area contributed by atoms with Gasteiger partial charge in [-0.1, -0.05) is 76.5 Å². The molecule has 1 atom stereocenters. The summed E-state index contributed by atoms with van der Waals surface area (Å²) >= 11 is 0. The van der Waals surface area contributed by atoms with E-state index in [-0.39, 0.29) is 0 Å². The van der Waals surface area contributed by atoms with Crippen molar-refractivity contribution < 1.29 is 0 Å². The van der Waals surface area contributed by atoms with Gasteiger partial charge in [0.2, 0.25) is 0 Å². The van der Waals surface area contributed by atoms with Crippen LogP contribution in [0.15, 0.2) is 30.8 Å². The Balaban J connectivity index is 0.00000135. The predicted octanol–water partition coefficient (Wildman–Crippen LogP) is 6.90. The molecule has 0 saturated heterocycles. The van der Waals surface area contributed by atoms with Gasteiger partial charge in [0.15, 0.2) is 0 Å². The first kappa shape index (κ1) is 20.5. The Hall–Kier alpha value is -1.48. The maximum absolute atomic E-state index is 5.55. The van der Waals surface area contributed by atoms with Crippen LogP contribution in [0.1, 0.15) is 77.3 Å². The minimum absolute atomic E-state index is 0.478. The zero-order valence-corrected chi connectivity index (χ0v) is 15.1. The quantitative estimate of drug-likeness (QED) is 0.362. The number of terminal acetylenes is 1. The van der Waals surface area contributed by atoms with Crippen molar-refractivity contribution in [2.45, 2.75) is 72.6 Å². The van der Waals surface area contributed by atoms with E-state index in [0.29, 0.717) is 5.92 Å². The van der Waals surface area contributed by atoms with E-state index in [0.717, 1.165) is 12.0 Å². The summed E-state index contributed by atoms with van der Waals surface area (Å²) in [5.74, 6) is 3.39. The van der Waals surface area contributed by atoms with Gasteiger partial charge in [0.05, 0.1) is 0 Å². The van der Waals surface area contributed by atoms with Crippen LogP contribution < -0.4 is 0 Å². The van der Waals surface area contributed by atoms with Crippen LogP contribution in [-0.2, 0) is 6.42 Å². The molecular weight excluding hydrogens is 264 g/mol. The second kappa shape index (κ2) is 13.2. The van der Waals surface area contributed by atoms with Crippen molar-refractivity contribution in [1.82, 2.24) is 0 Å². The molecular formula is C22H34. The fourth-order valence-corrected chi connectivity index (χ4v) is 2.37. The highest BCUT2D eigenvalue weighted by Crippen LogP contribution is 2.17. The Morgan fingerprint density at radius 1 is 1.18 bits per heavy atom. The molecule has 0 aliphatic rings. The Morgan fingerprint density at radius 2 is 1.86 bits per heavy atom. The smallest absolute Gasteiger partial charge is 0.0200 e. The molecule has 0 aliphatic heterocycles. The highest BCUT2D eigenvalue weighted by Gasteiger charge is 2.03. The summed E-state index contributed by atoms with van der Waals surface area (Å²) in [6.07, 6.45) is 13.9. The Labute approximate surface area is 139 Å². The molecule has 0 aliphatic carbocycles. The molecule has 22 heavy (non-hydrogen) atoms. The number of rotatable bonds is 8. The summed E-state index contributed by atoms with van der Waals surface area (Å²) in [5.41, 5.74) is 3.80. The summed E-state index contributed by atoms with van der Waals surface area (Å²) in [6, 6.07) is 8.71. The van der Waals surface area contributed by atoms with Gasteiger partial charge in [-0.05, 0) is 43.7 Å². The topological polar surface area (TPSA) is 0 Å². The molecule has 0 bridgehead atoms. The largest absolute Gasteiger partial charge is 0.120 e. The summed E-state index contributed by atoms with van der Waals surface area (Å²) in [5, 5.41) is 0. The van der Waals surface area contributed by atoms with Crippen molar-refractivity contribution in [1.29, 1.82) is 0 Å². The van der Waals surface area contributed by atoms with Crippen molar-refractivity contribution in [2.24, 2.45) is 5.92 Å². The van der Waals surface area contributed by atoms with Gasteiger partial charge in [0.25, 0.3) is 0 Å². The van der Waals surface area contributed by atoms with Crippen molar-refractivity contribution in [2.75, 3.05) is 0 Å². The number of allylic oxidation sites excluding steroid dienone is 1. The van der Waals surface area contributed by atoms with Crippen LogP contribution in [0.3, 0.4) is 0 Å². The van der Waals surface area contributed by atoms with Crippen molar-refractivity contribution in [3.63, 3.8) is 0 Å². The first-order valence-electron chi connectivity index (χ1n) is 8.79. The first-order chi connectivity index (χ1) is 10.6. The van der Waals surface area contributed by atoms with Crippen LogP contribution in [0.5, 0.6) is 0 Å². The van der Waals surface area contributed by atoms with E-state index in [9.17, 15) is 0 Å². The van der Waals surface area contributed by atoms with Gasteiger partial charge in [0.1, 0.15) is 0 Å². The van der Waals surface area contributed by atoms with E-state index in [1.165, 1.54) is 49.7 Å². The van der Waals surface area contributed by atoms with Crippen molar-refractivity contribution in [3.8, 4) is 12.3 Å². The van der Waals surface area contributed by atoms with Crippen LogP contribution >= 0.6 is 0 Å². The second-order valence-electron chi connectivity index (χ2n) is 6.09. The monoisotopic (exact) mass is 298 g/mol. The lowest BCUT2D eigenvalue weighted by Crippen LogP contribution is -1.97. The average molecular weight is 299 g/mol. The third kappa shape index (κ3) is 9.46. The van der Waals surface area contributed by atoms with E-state index in [1.54, 1.807) is 0 Å². The summed E-state index contributed by atoms with van der Waals surface area (Å²) in [4.78, 5) is 0. The maximum atomic E-state index is 5.55. The number of benzene rings is 1. The fourth-order valence-electron chi connectivity index (χ4n) is 2.37. The van der Waals surface area contributed by atoms with Crippen LogP contribution in [0.25, 0.3) is 5.57 Å². The molecule has 1 rings (SSSR count). The predicted molar refractivity (Wildman–Crippen MR) is 102 cm³/mol. The molecule has 0 N–H and O–H groups in total. The highest BCUT2D eigenvalue weighted by atomic mass is 14.1. The molecule has 122 valence electrons. The van der Waals surface area contributed by atoms with Gasteiger partial charge in [-0.25, -0.2) is 0 Å². The molecule has 0 radical (unpaired) electrons. The maximum Gasteiger partial charge on any atom is 0.0200 e. The van der Waals surface area contributed by atoms with Crippen LogP contribution in [0.4, 0.5) is 0 Å². The molecule has 0 heteroatoms. The van der Waals surface area contributed by atoms with Gasteiger partial charge in [-0.2, -0.15) is 0 Å². The third-order valence-corrected chi connectivity index (χ3v) is 3.56. The van der Waals surface area contributed by atoms with Gasteiger partial charge < -0.3 is 0 Å². The van der Waals surface area contributed by atoms with Crippen LogP contribution in [0, 0.1) is 18.3 Å². The molecule has 1 unspecified atom stereocenters. The zero-order valence-electron chi connectivity index (χ0n) is 15.1. The molecule has 0 saturated carbocycles. The molecule has 0 fully saturated rings. The minimum Gasteiger partial charge on any atom is -0.120 e. The highest BCUT2D eigenvalue weighted by molar-refractivity contribution is 5.61. The molecule has 0 nitrogen and oxygen atoms in total. The van der Waals surface area contributed by atoms with Crippen LogP contribution in [-0.4, -0.2) is 0 Å². The first-order valence-corrected chi connectivity index (χ1v) is 8.79. The molecule has 0 aromatic heterocycles. The number of hydrogen-bond donors (Lipinski definition) is 0. The van der Waals surface area contributed by atoms with E-state index < -0.39 is 0 Å². The lowest BCUT2D eigenvalue weighted by Gasteiger charge is -2.09. The van der Waals surface area contributed by atoms with Gasteiger partial charge in [-0.3, -0.25) is 0 Å². The summed E-state index contributed by atoms with van der Waals surface area (Å²) in [6.45, 7) is 12.5. The third-order valence-electron chi connectivity index (χ3n) is 3.56. The molecule has 0 amide bonds. The Bertz CT molecular complexity index is 447. The normalized spacial score (nSPS) is 11.0. The second-order valence-corrected chi connectivity index (χ2v) is 6.09. The average Bonchev–Trinajstić information content (AvgIpc) is 2.51.